The zero-order valence-corrected chi connectivity index (χ0v) is 12.9. The summed E-state index contributed by atoms with van der Waals surface area (Å²) in [5.41, 5.74) is 2.77. The second-order valence-corrected chi connectivity index (χ2v) is 5.83. The van der Waals surface area contributed by atoms with Gasteiger partial charge >= 0.3 is 0 Å². The molecule has 1 fully saturated rings. The van der Waals surface area contributed by atoms with E-state index in [-0.39, 0.29) is 0 Å². The highest BCUT2D eigenvalue weighted by molar-refractivity contribution is 5.23. The lowest BCUT2D eigenvalue weighted by molar-refractivity contribution is 0.0793. The van der Waals surface area contributed by atoms with Gasteiger partial charge in [0.25, 0.3) is 0 Å². The fraction of sp³-hybridized carbons (Fsp3) is 0.647. The molecule has 1 aliphatic heterocycles. The third-order valence-corrected chi connectivity index (χ3v) is 3.74. The van der Waals surface area contributed by atoms with Gasteiger partial charge < -0.3 is 10.1 Å². The van der Waals surface area contributed by atoms with Crippen LogP contribution in [0.3, 0.4) is 0 Å². The Morgan fingerprint density at radius 3 is 2.95 bits per heavy atom. The molecule has 1 aromatic carbocycles. The van der Waals surface area contributed by atoms with Crippen LogP contribution in [-0.4, -0.2) is 37.7 Å². The molecular weight excluding hydrogens is 248 g/mol. The standard InChI is InChI=1S/C17H28N2O/c1-3-9-18-12-15-6-4-7-16(11-15)13-19(2)14-17-8-5-10-20-17/h4,6-7,11,17-18H,3,5,8-10,12-14H2,1-2H3. The third-order valence-electron chi connectivity index (χ3n) is 3.74. The van der Waals surface area contributed by atoms with E-state index in [0.29, 0.717) is 6.10 Å². The molecule has 1 saturated heterocycles. The maximum absolute atomic E-state index is 5.70. The van der Waals surface area contributed by atoms with Crippen LogP contribution in [0.25, 0.3) is 0 Å². The van der Waals surface area contributed by atoms with Gasteiger partial charge in [-0.15, -0.1) is 0 Å². The van der Waals surface area contributed by atoms with Gasteiger partial charge in [-0.25, -0.2) is 0 Å². The van der Waals surface area contributed by atoms with Crippen molar-refractivity contribution in [2.45, 2.75) is 45.4 Å². The van der Waals surface area contributed by atoms with Crippen LogP contribution in [-0.2, 0) is 17.8 Å². The van der Waals surface area contributed by atoms with Gasteiger partial charge in [0, 0.05) is 26.2 Å². The van der Waals surface area contributed by atoms with E-state index >= 15 is 0 Å². The number of likely N-dealkylation sites (N-methyl/N-ethyl adjacent to an activating group) is 1. The molecule has 1 aromatic rings. The van der Waals surface area contributed by atoms with Crippen LogP contribution in [0.5, 0.6) is 0 Å². The van der Waals surface area contributed by atoms with Crippen molar-refractivity contribution >= 4 is 0 Å². The molecule has 1 N–H and O–H groups in total. The fourth-order valence-electron chi connectivity index (χ4n) is 2.76. The molecule has 0 amide bonds. The van der Waals surface area contributed by atoms with Crippen molar-refractivity contribution in [3.8, 4) is 0 Å². The second kappa shape index (κ2) is 8.40. The Kier molecular flexibility index (Phi) is 6.51. The predicted molar refractivity (Wildman–Crippen MR) is 83.7 cm³/mol. The first-order chi connectivity index (χ1) is 9.78. The zero-order valence-electron chi connectivity index (χ0n) is 12.9. The fourth-order valence-corrected chi connectivity index (χ4v) is 2.76. The van der Waals surface area contributed by atoms with Crippen molar-refractivity contribution in [2.24, 2.45) is 0 Å². The molecule has 1 unspecified atom stereocenters. The van der Waals surface area contributed by atoms with Crippen LogP contribution in [0.4, 0.5) is 0 Å². The number of benzene rings is 1. The highest BCUT2D eigenvalue weighted by Crippen LogP contribution is 2.14. The minimum Gasteiger partial charge on any atom is -0.377 e. The Labute approximate surface area is 123 Å². The van der Waals surface area contributed by atoms with Crippen molar-refractivity contribution < 1.29 is 4.74 Å². The minimum atomic E-state index is 0.439. The van der Waals surface area contributed by atoms with Crippen LogP contribution in [0.2, 0.25) is 0 Å². The van der Waals surface area contributed by atoms with E-state index in [1.807, 2.05) is 0 Å². The van der Waals surface area contributed by atoms with Crippen molar-refractivity contribution in [2.75, 3.05) is 26.7 Å². The zero-order chi connectivity index (χ0) is 14.2. The summed E-state index contributed by atoms with van der Waals surface area (Å²) in [6.45, 7) is 7.24. The van der Waals surface area contributed by atoms with Crippen molar-refractivity contribution in [1.82, 2.24) is 10.2 Å². The molecule has 112 valence electrons. The molecular formula is C17H28N2O. The van der Waals surface area contributed by atoms with Crippen LogP contribution >= 0.6 is 0 Å². The summed E-state index contributed by atoms with van der Waals surface area (Å²) in [6, 6.07) is 8.90. The summed E-state index contributed by atoms with van der Waals surface area (Å²) >= 11 is 0. The van der Waals surface area contributed by atoms with Crippen molar-refractivity contribution in [3.05, 3.63) is 35.4 Å². The number of nitrogens with one attached hydrogen (secondary N) is 1. The summed E-state index contributed by atoms with van der Waals surface area (Å²) in [5, 5.41) is 3.46. The number of rotatable bonds is 8. The molecule has 3 heteroatoms. The second-order valence-electron chi connectivity index (χ2n) is 5.83. The Morgan fingerprint density at radius 1 is 1.35 bits per heavy atom. The van der Waals surface area contributed by atoms with Crippen molar-refractivity contribution in [3.63, 3.8) is 0 Å². The van der Waals surface area contributed by atoms with E-state index in [0.717, 1.165) is 32.8 Å². The van der Waals surface area contributed by atoms with E-state index in [2.05, 4.69) is 48.5 Å². The molecule has 0 aliphatic carbocycles. The third kappa shape index (κ3) is 5.23. The monoisotopic (exact) mass is 276 g/mol. The summed E-state index contributed by atoms with van der Waals surface area (Å²) in [7, 11) is 2.18. The van der Waals surface area contributed by atoms with Crippen LogP contribution in [0, 0.1) is 0 Å². The molecule has 0 bridgehead atoms. The predicted octanol–water partition coefficient (Wildman–Crippen LogP) is 2.80. The molecule has 0 radical (unpaired) electrons. The first kappa shape index (κ1) is 15.5. The smallest absolute Gasteiger partial charge is 0.0702 e. The molecule has 2 rings (SSSR count). The first-order valence-corrected chi connectivity index (χ1v) is 7.86. The van der Waals surface area contributed by atoms with Gasteiger partial charge in [0.1, 0.15) is 0 Å². The largest absolute Gasteiger partial charge is 0.377 e. The Hall–Kier alpha value is -0.900. The molecule has 20 heavy (non-hydrogen) atoms. The molecule has 3 nitrogen and oxygen atoms in total. The summed E-state index contributed by atoms with van der Waals surface area (Å²) in [6.07, 6.45) is 4.06. The molecule has 1 aliphatic rings. The molecule has 0 saturated carbocycles. The van der Waals surface area contributed by atoms with Crippen molar-refractivity contribution in [1.29, 1.82) is 0 Å². The molecule has 1 atom stereocenters. The molecule has 0 aromatic heterocycles. The van der Waals surface area contributed by atoms with E-state index in [1.54, 1.807) is 0 Å². The van der Waals surface area contributed by atoms with Gasteiger partial charge in [0.15, 0.2) is 0 Å². The number of hydrogen-bond acceptors (Lipinski definition) is 3. The van der Waals surface area contributed by atoms with E-state index < -0.39 is 0 Å². The minimum absolute atomic E-state index is 0.439. The quantitative estimate of drug-likeness (QED) is 0.739. The first-order valence-electron chi connectivity index (χ1n) is 7.86. The van der Waals surface area contributed by atoms with E-state index in [1.165, 1.54) is 30.4 Å². The Balaban J connectivity index is 1.80. The summed E-state index contributed by atoms with van der Waals surface area (Å²) < 4.78 is 5.70. The summed E-state index contributed by atoms with van der Waals surface area (Å²) in [5.74, 6) is 0. The van der Waals surface area contributed by atoms with Crippen LogP contribution in [0.15, 0.2) is 24.3 Å². The number of hydrogen-bond donors (Lipinski definition) is 1. The van der Waals surface area contributed by atoms with Gasteiger partial charge in [-0.2, -0.15) is 0 Å². The van der Waals surface area contributed by atoms with Crippen LogP contribution in [0.1, 0.15) is 37.3 Å². The SMILES string of the molecule is CCCNCc1cccc(CN(C)CC2CCCO2)c1. The normalized spacial score (nSPS) is 18.9. The highest BCUT2D eigenvalue weighted by Gasteiger charge is 2.17. The Morgan fingerprint density at radius 2 is 2.20 bits per heavy atom. The van der Waals surface area contributed by atoms with Gasteiger partial charge in [0.05, 0.1) is 6.10 Å². The number of nitrogens with zero attached hydrogens (tertiary/aromatic N) is 1. The average molecular weight is 276 g/mol. The molecule has 1 heterocycles. The Bertz CT molecular complexity index is 388. The maximum atomic E-state index is 5.70. The number of ether oxygens (including phenoxy) is 1. The summed E-state index contributed by atoms with van der Waals surface area (Å²) in [4.78, 5) is 2.37. The highest BCUT2D eigenvalue weighted by atomic mass is 16.5. The van der Waals surface area contributed by atoms with Crippen LogP contribution < -0.4 is 5.32 Å². The lowest BCUT2D eigenvalue weighted by Crippen LogP contribution is -2.28. The van der Waals surface area contributed by atoms with E-state index in [9.17, 15) is 0 Å². The van der Waals surface area contributed by atoms with Gasteiger partial charge in [-0.1, -0.05) is 31.2 Å². The average Bonchev–Trinajstić information content (AvgIpc) is 2.92. The maximum Gasteiger partial charge on any atom is 0.0702 e. The lowest BCUT2D eigenvalue weighted by Gasteiger charge is -2.20. The van der Waals surface area contributed by atoms with Gasteiger partial charge in [-0.3, -0.25) is 4.90 Å². The molecule has 0 spiro atoms. The van der Waals surface area contributed by atoms with E-state index in [4.69, 9.17) is 4.74 Å². The van der Waals surface area contributed by atoms with Gasteiger partial charge in [0.2, 0.25) is 0 Å². The lowest BCUT2D eigenvalue weighted by atomic mass is 10.1. The topological polar surface area (TPSA) is 24.5 Å². The van der Waals surface area contributed by atoms with Gasteiger partial charge in [-0.05, 0) is 44.0 Å².